The summed E-state index contributed by atoms with van der Waals surface area (Å²) >= 11 is 0. The zero-order chi connectivity index (χ0) is 27.2. The maximum absolute atomic E-state index is 13.2. The molecule has 0 saturated heterocycles. The first kappa shape index (κ1) is 32.3. The molecule has 0 fully saturated rings. The highest BCUT2D eigenvalue weighted by Gasteiger charge is 2.50. The third-order valence-corrected chi connectivity index (χ3v) is 6.70. The van der Waals surface area contributed by atoms with E-state index in [1.165, 1.54) is 0 Å². The Bertz CT molecular complexity index is 711. The molecule has 0 aliphatic rings. The van der Waals surface area contributed by atoms with Gasteiger partial charge in [-0.1, -0.05) is 27.7 Å². The van der Waals surface area contributed by atoms with Crippen molar-refractivity contribution in [1.29, 1.82) is 0 Å². The summed E-state index contributed by atoms with van der Waals surface area (Å²) in [5, 5.41) is 10.3. The molecule has 8 heteroatoms. The van der Waals surface area contributed by atoms with Crippen molar-refractivity contribution in [2.75, 3.05) is 47.4 Å². The van der Waals surface area contributed by atoms with Crippen molar-refractivity contribution >= 4 is 17.9 Å². The number of nitrogens with two attached hydrogens (primary N) is 1. The fourth-order valence-corrected chi connectivity index (χ4v) is 4.85. The van der Waals surface area contributed by atoms with Gasteiger partial charge in [-0.2, -0.15) is 0 Å². The van der Waals surface area contributed by atoms with Gasteiger partial charge in [0.25, 0.3) is 0 Å². The monoisotopic (exact) mass is 487 g/mol. The van der Waals surface area contributed by atoms with Gasteiger partial charge >= 0.3 is 17.9 Å². The molecule has 3 N–H and O–H groups in total. The molecule has 0 spiro atoms. The second-order valence-corrected chi connectivity index (χ2v) is 13.1. The van der Waals surface area contributed by atoms with Gasteiger partial charge in [0.05, 0.1) is 37.4 Å². The topological polar surface area (TPSA) is 116 Å². The summed E-state index contributed by atoms with van der Waals surface area (Å²) in [5.41, 5.74) is 1.97. The highest BCUT2D eigenvalue weighted by Crippen LogP contribution is 2.49. The number of quaternary nitrogens is 1. The van der Waals surface area contributed by atoms with Gasteiger partial charge in [0.1, 0.15) is 19.8 Å². The van der Waals surface area contributed by atoms with Crippen molar-refractivity contribution in [2.45, 2.75) is 74.7 Å². The van der Waals surface area contributed by atoms with Crippen LogP contribution in [0.3, 0.4) is 0 Å². The van der Waals surface area contributed by atoms with Crippen LogP contribution in [0.1, 0.15) is 74.7 Å². The number of esters is 2. The predicted molar refractivity (Wildman–Crippen MR) is 134 cm³/mol. The lowest BCUT2D eigenvalue weighted by Gasteiger charge is -2.43. The first-order valence-electron chi connectivity index (χ1n) is 12.2. The molecule has 34 heavy (non-hydrogen) atoms. The highest BCUT2D eigenvalue weighted by molar-refractivity contribution is 5.80. The average molecular weight is 488 g/mol. The first-order valence-corrected chi connectivity index (χ1v) is 12.2. The number of nitrogens with zero attached hydrogens (tertiary/aromatic N) is 1. The van der Waals surface area contributed by atoms with E-state index in [4.69, 9.17) is 15.2 Å². The van der Waals surface area contributed by atoms with E-state index < -0.39 is 27.6 Å². The van der Waals surface area contributed by atoms with Crippen LogP contribution in [0.15, 0.2) is 0 Å². The summed E-state index contributed by atoms with van der Waals surface area (Å²) in [6.07, 6.45) is 0.855. The third-order valence-electron chi connectivity index (χ3n) is 6.70. The van der Waals surface area contributed by atoms with Crippen molar-refractivity contribution in [3.63, 3.8) is 0 Å². The van der Waals surface area contributed by atoms with Gasteiger partial charge in [-0.05, 0) is 58.3 Å². The maximum Gasteiger partial charge on any atom is 0.312 e. The van der Waals surface area contributed by atoms with Crippen molar-refractivity contribution in [3.8, 4) is 0 Å². The van der Waals surface area contributed by atoms with E-state index in [9.17, 15) is 19.5 Å². The van der Waals surface area contributed by atoms with Gasteiger partial charge < -0.3 is 24.8 Å². The standard InChI is InChI=1S/C26H50N2O6/c1-19(2)26(8,22(32)34-15-13-28(9,10)11)18-25(7,20(29)30)17-23(3,4)16-24(5,6)21(31)33-14-12-27/h19H,12-18,27H2,1-11H3/p+1. The molecule has 0 aromatic carbocycles. The molecule has 0 aliphatic carbocycles. The minimum atomic E-state index is -1.20. The molecule has 0 radical (unpaired) electrons. The van der Waals surface area contributed by atoms with Crippen LogP contribution in [-0.2, 0) is 23.9 Å². The molecule has 0 aromatic heterocycles. The molecule has 2 unspecified atom stereocenters. The second kappa shape index (κ2) is 11.8. The molecule has 0 bridgehead atoms. The number of hydrogen-bond donors (Lipinski definition) is 2. The van der Waals surface area contributed by atoms with E-state index >= 15 is 0 Å². The van der Waals surface area contributed by atoms with E-state index in [1.807, 2.05) is 48.8 Å². The van der Waals surface area contributed by atoms with Gasteiger partial charge in [0.15, 0.2) is 0 Å². The molecular weight excluding hydrogens is 436 g/mol. The fraction of sp³-hybridized carbons (Fsp3) is 0.885. The maximum atomic E-state index is 13.2. The number of carboxylic acids is 1. The van der Waals surface area contributed by atoms with Crippen LogP contribution >= 0.6 is 0 Å². The van der Waals surface area contributed by atoms with Crippen LogP contribution in [0, 0.1) is 27.6 Å². The lowest BCUT2D eigenvalue weighted by Crippen LogP contribution is -2.46. The number of ether oxygens (including phenoxy) is 2. The van der Waals surface area contributed by atoms with E-state index in [0.717, 1.165) is 0 Å². The summed E-state index contributed by atoms with van der Waals surface area (Å²) in [4.78, 5) is 38.3. The summed E-state index contributed by atoms with van der Waals surface area (Å²) in [6, 6.07) is 0. The molecule has 2 atom stereocenters. The summed E-state index contributed by atoms with van der Waals surface area (Å²) in [6.45, 7) is 16.2. The Morgan fingerprint density at radius 1 is 0.853 bits per heavy atom. The molecule has 0 saturated carbocycles. The number of rotatable bonds is 15. The molecule has 200 valence electrons. The van der Waals surface area contributed by atoms with Crippen LogP contribution in [0.25, 0.3) is 0 Å². The molecule has 8 nitrogen and oxygen atoms in total. The van der Waals surface area contributed by atoms with Gasteiger partial charge in [-0.15, -0.1) is 0 Å². The first-order chi connectivity index (χ1) is 15.1. The van der Waals surface area contributed by atoms with E-state index in [2.05, 4.69) is 0 Å². The normalized spacial score (nSPS) is 16.5. The van der Waals surface area contributed by atoms with Crippen LogP contribution in [0.5, 0.6) is 0 Å². The molecular formula is C26H51N2O6+. The molecule has 0 amide bonds. The largest absolute Gasteiger partial charge is 0.481 e. The predicted octanol–water partition coefficient (Wildman–Crippen LogP) is 3.71. The van der Waals surface area contributed by atoms with Crippen LogP contribution in [0.2, 0.25) is 0 Å². The summed E-state index contributed by atoms with van der Waals surface area (Å²) in [7, 11) is 6.06. The number of carbonyl (C=O) groups excluding carboxylic acids is 2. The van der Waals surface area contributed by atoms with Crippen LogP contribution in [-0.4, -0.2) is 74.9 Å². The van der Waals surface area contributed by atoms with Gasteiger partial charge in [-0.25, -0.2) is 0 Å². The Kier molecular flexibility index (Phi) is 11.3. The molecule has 0 aliphatic heterocycles. The van der Waals surface area contributed by atoms with Crippen molar-refractivity contribution in [2.24, 2.45) is 33.3 Å². The van der Waals surface area contributed by atoms with Crippen LogP contribution < -0.4 is 5.73 Å². The second-order valence-electron chi connectivity index (χ2n) is 13.1. The van der Waals surface area contributed by atoms with Crippen molar-refractivity contribution in [1.82, 2.24) is 0 Å². The van der Waals surface area contributed by atoms with Crippen LogP contribution in [0.4, 0.5) is 0 Å². The molecule has 0 aromatic rings. The lowest BCUT2D eigenvalue weighted by molar-refractivity contribution is -0.870. The Morgan fingerprint density at radius 3 is 1.76 bits per heavy atom. The smallest absolute Gasteiger partial charge is 0.312 e. The lowest BCUT2D eigenvalue weighted by atomic mass is 9.60. The zero-order valence-corrected chi connectivity index (χ0v) is 23.5. The number of carbonyl (C=O) groups is 3. The fourth-order valence-electron chi connectivity index (χ4n) is 4.85. The minimum Gasteiger partial charge on any atom is -0.481 e. The number of likely N-dealkylation sites (N-methyl/N-ethyl adjacent to an activating group) is 1. The average Bonchev–Trinajstić information content (AvgIpc) is 2.62. The van der Waals surface area contributed by atoms with Gasteiger partial charge in [0, 0.05) is 6.54 Å². The third kappa shape index (κ3) is 9.90. The van der Waals surface area contributed by atoms with E-state index in [0.29, 0.717) is 17.4 Å². The Hall–Kier alpha value is -1.67. The van der Waals surface area contributed by atoms with Crippen molar-refractivity contribution < 1.29 is 33.4 Å². The minimum absolute atomic E-state index is 0.117. The zero-order valence-electron chi connectivity index (χ0n) is 23.5. The number of hydrogen-bond acceptors (Lipinski definition) is 6. The quantitative estimate of drug-likeness (QED) is 0.267. The van der Waals surface area contributed by atoms with Gasteiger partial charge in [0.2, 0.25) is 0 Å². The summed E-state index contributed by atoms with van der Waals surface area (Å²) in [5.74, 6) is -1.80. The number of aliphatic carboxylic acids is 1. The number of carboxylic acid groups (broad SMARTS) is 1. The highest BCUT2D eigenvalue weighted by atomic mass is 16.5. The Balaban J connectivity index is 5.75. The summed E-state index contributed by atoms with van der Waals surface area (Å²) < 4.78 is 11.5. The van der Waals surface area contributed by atoms with E-state index in [1.54, 1.807) is 27.7 Å². The van der Waals surface area contributed by atoms with Gasteiger partial charge in [-0.3, -0.25) is 14.4 Å². The SMILES string of the molecule is CC(C)C(C)(CC(C)(CC(C)(C)CC(C)(C)C(=O)OCCN)C(=O)O)C(=O)OCC[N+](C)(C)C. The van der Waals surface area contributed by atoms with E-state index in [-0.39, 0.29) is 50.5 Å². The molecule has 0 rings (SSSR count). The Labute approximate surface area is 207 Å². The van der Waals surface area contributed by atoms with Crippen molar-refractivity contribution in [3.05, 3.63) is 0 Å². The molecule has 0 heterocycles. The Morgan fingerprint density at radius 2 is 1.35 bits per heavy atom.